The van der Waals surface area contributed by atoms with E-state index < -0.39 is 5.97 Å². The van der Waals surface area contributed by atoms with Gasteiger partial charge in [-0.15, -0.1) is 0 Å². The van der Waals surface area contributed by atoms with E-state index in [1.165, 1.54) is 38.1 Å². The van der Waals surface area contributed by atoms with Gasteiger partial charge in [0, 0.05) is 6.54 Å². The molecule has 106 valence electrons. The Morgan fingerprint density at radius 2 is 1.95 bits per heavy atom. The smallest absolute Gasteiger partial charge is 0.356 e. The Kier molecular flexibility index (Phi) is 6.85. The van der Waals surface area contributed by atoms with Gasteiger partial charge < -0.3 is 10.4 Å². The zero-order valence-corrected chi connectivity index (χ0v) is 11.7. The van der Waals surface area contributed by atoms with E-state index in [9.17, 15) is 4.79 Å². The maximum atomic E-state index is 10.6. The molecule has 1 heterocycles. The van der Waals surface area contributed by atoms with E-state index in [2.05, 4.69) is 29.1 Å². The second-order valence-electron chi connectivity index (χ2n) is 5.12. The summed E-state index contributed by atoms with van der Waals surface area (Å²) >= 11 is 0. The number of carboxylic acid groups (broad SMARTS) is 1. The largest absolute Gasteiger partial charge is 0.476 e. The van der Waals surface area contributed by atoms with Gasteiger partial charge in [0.15, 0.2) is 5.69 Å². The second-order valence-corrected chi connectivity index (χ2v) is 5.12. The average Bonchev–Trinajstić information content (AvgIpc) is 2.38. The molecule has 0 aliphatic heterocycles. The van der Waals surface area contributed by atoms with Crippen molar-refractivity contribution < 1.29 is 9.90 Å². The molecule has 1 aromatic rings. The topological polar surface area (TPSA) is 75.1 Å². The Morgan fingerprint density at radius 3 is 2.53 bits per heavy atom. The van der Waals surface area contributed by atoms with Gasteiger partial charge in [0.2, 0.25) is 0 Å². The third-order valence-electron chi connectivity index (χ3n) is 2.89. The maximum absolute atomic E-state index is 10.6. The van der Waals surface area contributed by atoms with Crippen LogP contribution in [0.4, 0.5) is 5.82 Å². The van der Waals surface area contributed by atoms with Crippen LogP contribution in [0.3, 0.4) is 0 Å². The number of carbonyl (C=O) groups is 1. The Balaban J connectivity index is 2.11. The molecule has 0 amide bonds. The number of anilines is 1. The third kappa shape index (κ3) is 6.74. The van der Waals surface area contributed by atoms with E-state index in [0.29, 0.717) is 5.82 Å². The third-order valence-corrected chi connectivity index (χ3v) is 2.89. The lowest BCUT2D eigenvalue weighted by atomic mass is 10.0. The van der Waals surface area contributed by atoms with Crippen molar-refractivity contribution in [3.63, 3.8) is 0 Å². The zero-order valence-electron chi connectivity index (χ0n) is 11.7. The summed E-state index contributed by atoms with van der Waals surface area (Å²) in [6, 6.07) is 0. The molecule has 0 aliphatic rings. The van der Waals surface area contributed by atoms with E-state index in [0.717, 1.165) is 18.9 Å². The highest BCUT2D eigenvalue weighted by Gasteiger charge is 2.04. The van der Waals surface area contributed by atoms with Crippen LogP contribution in [0.5, 0.6) is 0 Å². The maximum Gasteiger partial charge on any atom is 0.356 e. The van der Waals surface area contributed by atoms with Crippen molar-refractivity contribution in [2.45, 2.75) is 46.0 Å². The quantitative estimate of drug-likeness (QED) is 0.671. The van der Waals surface area contributed by atoms with Gasteiger partial charge >= 0.3 is 5.97 Å². The number of aromatic carboxylic acids is 1. The van der Waals surface area contributed by atoms with Crippen molar-refractivity contribution in [1.29, 1.82) is 0 Å². The van der Waals surface area contributed by atoms with E-state index in [-0.39, 0.29) is 5.69 Å². The van der Waals surface area contributed by atoms with Gasteiger partial charge in [-0.25, -0.2) is 14.8 Å². The summed E-state index contributed by atoms with van der Waals surface area (Å²) in [4.78, 5) is 18.4. The van der Waals surface area contributed by atoms with E-state index in [1.54, 1.807) is 0 Å². The molecule has 0 fully saturated rings. The van der Waals surface area contributed by atoms with Crippen LogP contribution >= 0.6 is 0 Å². The summed E-state index contributed by atoms with van der Waals surface area (Å²) in [6.45, 7) is 5.35. The molecular formula is C14H23N3O2. The number of rotatable bonds is 9. The van der Waals surface area contributed by atoms with Crippen molar-refractivity contribution >= 4 is 11.8 Å². The molecule has 1 aromatic heterocycles. The van der Waals surface area contributed by atoms with Crippen LogP contribution in [0.15, 0.2) is 12.4 Å². The predicted molar refractivity (Wildman–Crippen MR) is 75.4 cm³/mol. The lowest BCUT2D eigenvalue weighted by molar-refractivity contribution is 0.0690. The monoisotopic (exact) mass is 265 g/mol. The Hall–Kier alpha value is -1.65. The Morgan fingerprint density at radius 1 is 1.21 bits per heavy atom. The molecule has 0 bridgehead atoms. The molecule has 0 saturated carbocycles. The van der Waals surface area contributed by atoms with Crippen molar-refractivity contribution in [3.05, 3.63) is 18.1 Å². The summed E-state index contributed by atoms with van der Waals surface area (Å²) in [7, 11) is 0. The van der Waals surface area contributed by atoms with Crippen LogP contribution in [0.25, 0.3) is 0 Å². The van der Waals surface area contributed by atoms with Gasteiger partial charge in [-0.1, -0.05) is 39.5 Å². The fourth-order valence-corrected chi connectivity index (χ4v) is 1.78. The fourth-order valence-electron chi connectivity index (χ4n) is 1.78. The van der Waals surface area contributed by atoms with Crippen LogP contribution < -0.4 is 5.32 Å². The minimum Gasteiger partial charge on any atom is -0.476 e. The van der Waals surface area contributed by atoms with Crippen LogP contribution in [-0.2, 0) is 0 Å². The van der Waals surface area contributed by atoms with Gasteiger partial charge in [0.25, 0.3) is 0 Å². The number of unbranched alkanes of at least 4 members (excludes halogenated alkanes) is 3. The van der Waals surface area contributed by atoms with Crippen molar-refractivity contribution in [2.24, 2.45) is 5.92 Å². The molecule has 0 unspecified atom stereocenters. The molecular weight excluding hydrogens is 242 g/mol. The summed E-state index contributed by atoms with van der Waals surface area (Å²) < 4.78 is 0. The lowest BCUT2D eigenvalue weighted by Gasteiger charge is -2.06. The Bertz CT molecular complexity index is 377. The van der Waals surface area contributed by atoms with Gasteiger partial charge in [-0.2, -0.15) is 0 Å². The number of aromatic nitrogens is 2. The number of nitrogens with one attached hydrogen (secondary N) is 1. The van der Waals surface area contributed by atoms with Gasteiger partial charge in [-0.05, 0) is 12.3 Å². The van der Waals surface area contributed by atoms with Gasteiger partial charge in [-0.3, -0.25) is 0 Å². The van der Waals surface area contributed by atoms with Gasteiger partial charge in [0.05, 0.1) is 12.4 Å². The molecule has 0 saturated heterocycles. The van der Waals surface area contributed by atoms with E-state index >= 15 is 0 Å². The first-order valence-corrected chi connectivity index (χ1v) is 6.89. The standard InChI is InChI=1S/C14H23N3O2/c1-11(2)7-5-3-4-6-8-15-13-10-16-12(9-17-13)14(18)19/h9-11H,3-8H2,1-2H3,(H,15,17)(H,18,19). The fraction of sp³-hybridized carbons (Fsp3) is 0.643. The number of nitrogens with zero attached hydrogens (tertiary/aromatic N) is 2. The predicted octanol–water partition coefficient (Wildman–Crippen LogP) is 3.19. The molecule has 0 aromatic carbocycles. The van der Waals surface area contributed by atoms with Crippen LogP contribution in [0, 0.1) is 5.92 Å². The highest BCUT2D eigenvalue weighted by Crippen LogP contribution is 2.09. The van der Waals surface area contributed by atoms with Crippen LogP contribution in [0.2, 0.25) is 0 Å². The highest BCUT2D eigenvalue weighted by molar-refractivity contribution is 5.84. The summed E-state index contributed by atoms with van der Waals surface area (Å²) in [5.74, 6) is 0.373. The summed E-state index contributed by atoms with van der Waals surface area (Å²) in [5.41, 5.74) is -0.0285. The van der Waals surface area contributed by atoms with E-state index in [1.807, 2.05) is 0 Å². The molecule has 5 nitrogen and oxygen atoms in total. The number of carboxylic acids is 1. The molecule has 2 N–H and O–H groups in total. The number of hydrogen-bond acceptors (Lipinski definition) is 4. The minimum atomic E-state index is -1.05. The second kappa shape index (κ2) is 8.45. The normalized spacial score (nSPS) is 10.7. The summed E-state index contributed by atoms with van der Waals surface area (Å²) in [5, 5.41) is 11.8. The van der Waals surface area contributed by atoms with E-state index in [4.69, 9.17) is 5.11 Å². The first-order valence-electron chi connectivity index (χ1n) is 6.89. The average molecular weight is 265 g/mol. The zero-order chi connectivity index (χ0) is 14.1. The molecule has 1 rings (SSSR count). The van der Waals surface area contributed by atoms with Crippen molar-refractivity contribution in [3.8, 4) is 0 Å². The first kappa shape index (κ1) is 15.4. The van der Waals surface area contributed by atoms with Gasteiger partial charge in [0.1, 0.15) is 5.82 Å². The van der Waals surface area contributed by atoms with Crippen LogP contribution in [0.1, 0.15) is 56.4 Å². The highest BCUT2D eigenvalue weighted by atomic mass is 16.4. The molecule has 0 spiro atoms. The molecule has 5 heteroatoms. The molecule has 0 atom stereocenters. The first-order chi connectivity index (χ1) is 9.09. The molecule has 0 radical (unpaired) electrons. The van der Waals surface area contributed by atoms with Crippen molar-refractivity contribution in [2.75, 3.05) is 11.9 Å². The molecule has 0 aliphatic carbocycles. The SMILES string of the molecule is CC(C)CCCCCCNc1cnc(C(=O)O)cn1. The minimum absolute atomic E-state index is 0.0285. The van der Waals surface area contributed by atoms with Crippen molar-refractivity contribution in [1.82, 2.24) is 9.97 Å². The summed E-state index contributed by atoms with van der Waals surface area (Å²) in [6.07, 6.45) is 8.90. The molecule has 19 heavy (non-hydrogen) atoms. The van der Waals surface area contributed by atoms with Crippen LogP contribution in [-0.4, -0.2) is 27.6 Å². The Labute approximate surface area is 114 Å². The number of hydrogen-bond donors (Lipinski definition) is 2. The lowest BCUT2D eigenvalue weighted by Crippen LogP contribution is -2.06.